The number of aliphatic hydroxyl groups excluding tert-OH is 1. The molecule has 36 heavy (non-hydrogen) atoms. The molecule has 1 aliphatic rings. The van der Waals surface area contributed by atoms with Crippen LogP contribution in [-0.2, 0) is 16.1 Å². The molecule has 4 N–H and O–H groups in total. The molecule has 12 nitrogen and oxygen atoms in total. The van der Waals surface area contributed by atoms with Crippen LogP contribution in [0, 0.1) is 5.82 Å². The smallest absolute Gasteiger partial charge is 0.414 e. The van der Waals surface area contributed by atoms with E-state index >= 15 is 4.39 Å². The van der Waals surface area contributed by atoms with Gasteiger partial charge in [-0.05, 0) is 25.1 Å². The molecular formula is C22H30FN7O5S. The summed E-state index contributed by atoms with van der Waals surface area (Å²) in [5, 5.41) is 17.7. The number of aromatic nitrogens is 1. The molecule has 0 spiro atoms. The number of carbonyl (C=O) groups excluding carboxylic acids is 3. The minimum absolute atomic E-state index is 0.183. The summed E-state index contributed by atoms with van der Waals surface area (Å²) in [6.45, 7) is 4.44. The normalized spacial score (nSPS) is 15.0. The summed E-state index contributed by atoms with van der Waals surface area (Å²) in [6.07, 6.45) is -1.12. The van der Waals surface area contributed by atoms with Gasteiger partial charge in [0, 0.05) is 32.4 Å². The molecule has 1 fully saturated rings. The van der Waals surface area contributed by atoms with Crippen LogP contribution < -0.4 is 25.9 Å². The van der Waals surface area contributed by atoms with E-state index in [1.807, 2.05) is 6.92 Å². The van der Waals surface area contributed by atoms with Crippen molar-refractivity contribution >= 4 is 45.9 Å². The highest BCUT2D eigenvalue weighted by Gasteiger charge is 2.33. The number of cyclic esters (lactones) is 1. The van der Waals surface area contributed by atoms with Gasteiger partial charge in [0.25, 0.3) is 0 Å². The van der Waals surface area contributed by atoms with Gasteiger partial charge in [-0.25, -0.2) is 24.4 Å². The second kappa shape index (κ2) is 12.5. The summed E-state index contributed by atoms with van der Waals surface area (Å²) in [4.78, 5) is 43.1. The Bertz CT molecular complexity index is 1080. The number of halogens is 1. The molecule has 3 rings (SSSR count). The number of amides is 4. The van der Waals surface area contributed by atoms with E-state index in [9.17, 15) is 14.4 Å². The van der Waals surface area contributed by atoms with Crippen molar-refractivity contribution in [3.8, 4) is 0 Å². The molecule has 4 amide bonds. The van der Waals surface area contributed by atoms with E-state index in [1.165, 1.54) is 34.2 Å². The number of nitrogens with zero attached hydrogens (tertiary/aromatic N) is 4. The number of likely N-dealkylation sites (N-methyl/N-ethyl adjacent to an activating group) is 1. The average Bonchev–Trinajstić information content (AvgIpc) is 3.46. The number of aliphatic hydroxyl groups is 1. The fourth-order valence-corrected chi connectivity index (χ4v) is 4.29. The van der Waals surface area contributed by atoms with Crippen molar-refractivity contribution < 1.29 is 28.6 Å². The molecule has 0 bridgehead atoms. The number of urea groups is 1. The molecule has 0 aliphatic carbocycles. The summed E-state index contributed by atoms with van der Waals surface area (Å²) in [5.74, 6) is -0.750. The van der Waals surface area contributed by atoms with Crippen LogP contribution >= 0.6 is 11.3 Å². The molecule has 0 saturated carbocycles. The van der Waals surface area contributed by atoms with Gasteiger partial charge in [0.1, 0.15) is 11.9 Å². The Morgan fingerprint density at radius 1 is 1.36 bits per heavy atom. The maximum Gasteiger partial charge on any atom is 0.414 e. The Labute approximate surface area is 212 Å². The minimum atomic E-state index is -0.605. The van der Waals surface area contributed by atoms with Gasteiger partial charge in [-0.3, -0.25) is 20.0 Å². The Hall–Kier alpha value is -3.49. The fourth-order valence-electron chi connectivity index (χ4n) is 3.60. The molecular weight excluding hydrogens is 493 g/mol. The largest absolute Gasteiger partial charge is 0.442 e. The summed E-state index contributed by atoms with van der Waals surface area (Å²) in [5.41, 5.74) is 3.95. The van der Waals surface area contributed by atoms with Crippen LogP contribution in [-0.4, -0.2) is 79.0 Å². The van der Waals surface area contributed by atoms with Crippen LogP contribution in [0.1, 0.15) is 19.5 Å². The van der Waals surface area contributed by atoms with E-state index in [2.05, 4.69) is 21.0 Å². The third kappa shape index (κ3) is 6.80. The molecule has 1 saturated heterocycles. The fraction of sp³-hybridized carbons (Fsp3) is 0.455. The second-order valence-electron chi connectivity index (χ2n) is 7.88. The molecule has 1 atom stereocenters. The van der Waals surface area contributed by atoms with Crippen LogP contribution in [0.25, 0.3) is 0 Å². The minimum Gasteiger partial charge on any atom is -0.442 e. The highest BCUT2D eigenvalue weighted by molar-refractivity contribution is 7.13. The van der Waals surface area contributed by atoms with Gasteiger partial charge in [-0.15, -0.1) is 11.3 Å². The van der Waals surface area contributed by atoms with Crippen molar-refractivity contribution in [1.29, 1.82) is 0 Å². The monoisotopic (exact) mass is 523 g/mol. The third-order valence-corrected chi connectivity index (χ3v) is 6.26. The Balaban J connectivity index is 1.61. The van der Waals surface area contributed by atoms with Gasteiger partial charge in [0.15, 0.2) is 5.13 Å². The van der Waals surface area contributed by atoms with Crippen LogP contribution in [0.4, 0.5) is 30.5 Å². The molecule has 1 aliphatic heterocycles. The number of hydrazine groups is 1. The van der Waals surface area contributed by atoms with Crippen LogP contribution in [0.2, 0.25) is 0 Å². The zero-order chi connectivity index (χ0) is 26.2. The zero-order valence-corrected chi connectivity index (χ0v) is 21.1. The first-order valence-electron chi connectivity index (χ1n) is 11.3. The average molecular weight is 524 g/mol. The van der Waals surface area contributed by atoms with E-state index in [-0.39, 0.29) is 32.1 Å². The first-order chi connectivity index (χ1) is 17.2. The number of ether oxygens (including phenoxy) is 1. The van der Waals surface area contributed by atoms with Gasteiger partial charge < -0.3 is 20.1 Å². The lowest BCUT2D eigenvalue weighted by Crippen LogP contribution is -2.47. The lowest BCUT2D eigenvalue weighted by molar-refractivity contribution is -0.119. The van der Waals surface area contributed by atoms with E-state index in [0.29, 0.717) is 35.3 Å². The van der Waals surface area contributed by atoms with E-state index in [0.717, 1.165) is 0 Å². The molecule has 196 valence electrons. The van der Waals surface area contributed by atoms with Crippen LogP contribution in [0.3, 0.4) is 0 Å². The molecule has 0 unspecified atom stereocenters. The van der Waals surface area contributed by atoms with Crippen molar-refractivity contribution in [2.45, 2.75) is 26.6 Å². The first kappa shape index (κ1) is 27.1. The highest BCUT2D eigenvalue weighted by atomic mass is 32.1. The Morgan fingerprint density at radius 3 is 2.75 bits per heavy atom. The van der Waals surface area contributed by atoms with Crippen molar-refractivity contribution in [1.82, 2.24) is 20.7 Å². The second-order valence-corrected chi connectivity index (χ2v) is 8.73. The van der Waals surface area contributed by atoms with Crippen LogP contribution in [0.15, 0.2) is 23.6 Å². The lowest BCUT2D eigenvalue weighted by atomic mass is 10.2. The number of benzene rings is 1. The van der Waals surface area contributed by atoms with Crippen LogP contribution in [0.5, 0.6) is 0 Å². The Morgan fingerprint density at radius 2 is 2.14 bits per heavy atom. The molecule has 14 heteroatoms. The van der Waals surface area contributed by atoms with Crippen molar-refractivity contribution in [2.24, 2.45) is 0 Å². The number of anilines is 3. The Kier molecular flexibility index (Phi) is 9.38. The maximum atomic E-state index is 15.1. The quantitative estimate of drug-likeness (QED) is 0.327. The number of carbonyl (C=O) groups is 3. The summed E-state index contributed by atoms with van der Waals surface area (Å²) in [6, 6.07) is 4.04. The van der Waals surface area contributed by atoms with Gasteiger partial charge in [-0.2, -0.15) is 0 Å². The standard InChI is InChI=1S/C22H30FN7O5S/c1-4-28(7-8-30(24-3)21(33)27-20-26-15(12-31)13-36-20)19-6-5-16(9-18(19)23)29-11-17(35-22(29)34)10-25-14(2)32/h5-6,9,13,17,24,31H,4,7-8,10-12H2,1-3H3,(H,25,32)(H,26,27,33)/t17-/m0/s1. The first-order valence-corrected chi connectivity index (χ1v) is 12.2. The molecule has 2 aromatic rings. The molecule has 1 aromatic heterocycles. The number of rotatable bonds is 11. The van der Waals surface area contributed by atoms with Gasteiger partial charge >= 0.3 is 12.1 Å². The highest BCUT2D eigenvalue weighted by Crippen LogP contribution is 2.28. The van der Waals surface area contributed by atoms with Gasteiger partial charge in [0.05, 0.1) is 43.3 Å². The lowest BCUT2D eigenvalue weighted by Gasteiger charge is -2.28. The summed E-state index contributed by atoms with van der Waals surface area (Å²) < 4.78 is 20.3. The predicted molar refractivity (Wildman–Crippen MR) is 133 cm³/mol. The molecule has 1 aromatic carbocycles. The summed E-state index contributed by atoms with van der Waals surface area (Å²) >= 11 is 1.20. The summed E-state index contributed by atoms with van der Waals surface area (Å²) in [7, 11) is 1.60. The topological polar surface area (TPSA) is 139 Å². The van der Waals surface area contributed by atoms with Gasteiger partial charge in [-0.1, -0.05) is 0 Å². The van der Waals surface area contributed by atoms with Crippen molar-refractivity contribution in [3.63, 3.8) is 0 Å². The maximum absolute atomic E-state index is 15.1. The molecule has 2 heterocycles. The number of nitrogens with one attached hydrogen (secondary N) is 3. The zero-order valence-electron chi connectivity index (χ0n) is 20.3. The number of hydrogen-bond acceptors (Lipinski definition) is 9. The van der Waals surface area contributed by atoms with E-state index < -0.39 is 24.0 Å². The number of thiazole rings is 1. The third-order valence-electron chi connectivity index (χ3n) is 5.45. The van der Waals surface area contributed by atoms with Gasteiger partial charge in [0.2, 0.25) is 5.91 Å². The predicted octanol–water partition coefficient (Wildman–Crippen LogP) is 1.73. The van der Waals surface area contributed by atoms with E-state index in [1.54, 1.807) is 29.5 Å². The SMILES string of the molecule is CCN(CCN(NC)C(=O)Nc1nc(CO)cs1)c1ccc(N2C[C@H](CNC(C)=O)OC2=O)cc1F. The molecule has 0 radical (unpaired) electrons. The number of hydrogen-bond donors (Lipinski definition) is 4. The van der Waals surface area contributed by atoms with Crippen molar-refractivity contribution in [2.75, 3.05) is 54.9 Å². The van der Waals surface area contributed by atoms with E-state index in [4.69, 9.17) is 9.84 Å². The van der Waals surface area contributed by atoms with Crippen molar-refractivity contribution in [3.05, 3.63) is 35.1 Å².